The molecule has 3 rings (SSSR count). The van der Waals surface area contributed by atoms with E-state index in [4.69, 9.17) is 5.11 Å². The van der Waals surface area contributed by atoms with Gasteiger partial charge in [0.2, 0.25) is 0 Å². The molecule has 4 nitrogen and oxygen atoms in total. The monoisotopic (exact) mass is 376 g/mol. The third-order valence-electron chi connectivity index (χ3n) is 5.34. The molecular weight excluding hydrogens is 347 g/mol. The van der Waals surface area contributed by atoms with Gasteiger partial charge in [-0.05, 0) is 48.9 Å². The number of rotatable bonds is 9. The summed E-state index contributed by atoms with van der Waals surface area (Å²) in [5.74, 6) is -0.0467. The zero-order valence-corrected chi connectivity index (χ0v) is 15.3. The molecule has 140 valence electrons. The van der Waals surface area contributed by atoms with Crippen LogP contribution >= 0.6 is 0 Å². The first-order valence-corrected chi connectivity index (χ1v) is 9.64. The van der Waals surface area contributed by atoms with E-state index >= 15 is 0 Å². The molecule has 5 heteroatoms. The van der Waals surface area contributed by atoms with E-state index in [1.54, 1.807) is 0 Å². The molecule has 0 spiro atoms. The number of pyridine rings is 1. The summed E-state index contributed by atoms with van der Waals surface area (Å²) in [4.78, 5) is 17.5. The number of hydrogen-bond acceptors (Lipinski definition) is 3. The van der Waals surface area contributed by atoms with Crippen LogP contribution in [-0.2, 0) is 11.3 Å². The van der Waals surface area contributed by atoms with Crippen molar-refractivity contribution in [2.75, 3.05) is 6.54 Å². The SMILES string of the molecule is O=C(O)CCCCCC1CCN(Cc2cccnc2)C1c1ccccc1.[NaH]. The van der Waals surface area contributed by atoms with Crippen molar-refractivity contribution in [3.05, 3.63) is 66.0 Å². The van der Waals surface area contributed by atoms with Crippen LogP contribution in [0.4, 0.5) is 0 Å². The molecule has 2 heterocycles. The Hall–Kier alpha value is -1.20. The number of carbonyl (C=O) groups is 1. The third kappa shape index (κ3) is 6.72. The summed E-state index contributed by atoms with van der Waals surface area (Å²) >= 11 is 0. The first kappa shape index (κ1) is 22.1. The number of carboxylic acids is 1. The van der Waals surface area contributed by atoms with E-state index in [0.717, 1.165) is 32.4 Å². The Balaban J connectivity index is 0.00000261. The van der Waals surface area contributed by atoms with Gasteiger partial charge < -0.3 is 5.11 Å². The summed E-state index contributed by atoms with van der Waals surface area (Å²) in [5, 5.41) is 8.78. The van der Waals surface area contributed by atoms with Crippen LogP contribution in [0.1, 0.15) is 55.7 Å². The number of carboxylic acid groups (broad SMARTS) is 1. The van der Waals surface area contributed by atoms with Gasteiger partial charge in [0.05, 0.1) is 0 Å². The summed E-state index contributed by atoms with van der Waals surface area (Å²) in [7, 11) is 0. The van der Waals surface area contributed by atoms with E-state index in [2.05, 4.69) is 46.3 Å². The maximum absolute atomic E-state index is 10.7. The second-order valence-corrected chi connectivity index (χ2v) is 7.23. The van der Waals surface area contributed by atoms with Gasteiger partial charge in [0, 0.05) is 31.4 Å². The Bertz CT molecular complexity index is 681. The van der Waals surface area contributed by atoms with E-state index in [1.165, 1.54) is 24.0 Å². The first-order valence-electron chi connectivity index (χ1n) is 9.64. The molecule has 1 saturated heterocycles. The fourth-order valence-corrected chi connectivity index (χ4v) is 4.13. The third-order valence-corrected chi connectivity index (χ3v) is 5.34. The summed E-state index contributed by atoms with van der Waals surface area (Å²) < 4.78 is 0. The van der Waals surface area contributed by atoms with Gasteiger partial charge in [-0.1, -0.05) is 49.2 Å². The minimum atomic E-state index is -0.685. The van der Waals surface area contributed by atoms with Crippen LogP contribution in [0.25, 0.3) is 0 Å². The number of hydrogen-bond donors (Lipinski definition) is 1. The zero-order valence-electron chi connectivity index (χ0n) is 15.3. The van der Waals surface area contributed by atoms with Crippen LogP contribution in [0, 0.1) is 5.92 Å². The van der Waals surface area contributed by atoms with E-state index in [0.29, 0.717) is 18.4 Å². The van der Waals surface area contributed by atoms with Gasteiger partial charge in [0.25, 0.3) is 0 Å². The molecule has 1 N–H and O–H groups in total. The van der Waals surface area contributed by atoms with Crippen molar-refractivity contribution in [1.82, 2.24) is 9.88 Å². The summed E-state index contributed by atoms with van der Waals surface area (Å²) in [6.45, 7) is 2.04. The quantitative estimate of drug-likeness (QED) is 0.530. The van der Waals surface area contributed by atoms with Crippen molar-refractivity contribution in [1.29, 1.82) is 0 Å². The standard InChI is InChI=1S/C22H28N2O2.Na.H/c25-21(26)12-6-2-5-11-20-13-15-24(17-18-8-7-14-23-16-18)22(20)19-9-3-1-4-10-19;;/h1,3-4,7-10,14,16,20,22H,2,5-6,11-13,15,17H2,(H,25,26);;. The molecule has 27 heavy (non-hydrogen) atoms. The molecule has 2 aromatic rings. The van der Waals surface area contributed by atoms with Gasteiger partial charge in [0.15, 0.2) is 0 Å². The topological polar surface area (TPSA) is 53.4 Å². The summed E-state index contributed by atoms with van der Waals surface area (Å²) in [6.07, 6.45) is 9.36. The van der Waals surface area contributed by atoms with Crippen LogP contribution in [0.2, 0.25) is 0 Å². The van der Waals surface area contributed by atoms with Crippen LogP contribution in [0.5, 0.6) is 0 Å². The maximum atomic E-state index is 10.7. The van der Waals surface area contributed by atoms with Crippen molar-refractivity contribution in [2.24, 2.45) is 5.92 Å². The fraction of sp³-hybridized carbons (Fsp3) is 0.455. The van der Waals surface area contributed by atoms with Crippen molar-refractivity contribution in [3.63, 3.8) is 0 Å². The Morgan fingerprint density at radius 1 is 1.11 bits per heavy atom. The Kier molecular flexibility index (Phi) is 9.49. The number of nitrogens with zero attached hydrogens (tertiary/aromatic N) is 2. The molecule has 0 bridgehead atoms. The van der Waals surface area contributed by atoms with Gasteiger partial charge in [-0.25, -0.2) is 0 Å². The number of benzene rings is 1. The molecule has 0 saturated carbocycles. The van der Waals surface area contributed by atoms with E-state index in [-0.39, 0.29) is 29.6 Å². The minimum absolute atomic E-state index is 0. The van der Waals surface area contributed by atoms with Crippen molar-refractivity contribution in [3.8, 4) is 0 Å². The van der Waals surface area contributed by atoms with Gasteiger partial charge in [-0.15, -0.1) is 0 Å². The molecule has 2 unspecified atom stereocenters. The molecule has 1 aliphatic heterocycles. The normalized spacial score (nSPS) is 19.6. The Morgan fingerprint density at radius 2 is 1.93 bits per heavy atom. The summed E-state index contributed by atoms with van der Waals surface area (Å²) in [6, 6.07) is 15.4. The van der Waals surface area contributed by atoms with Crippen LogP contribution in [0.15, 0.2) is 54.9 Å². The average Bonchev–Trinajstić information content (AvgIpc) is 3.05. The van der Waals surface area contributed by atoms with Gasteiger partial charge in [0.1, 0.15) is 0 Å². The zero-order chi connectivity index (χ0) is 18.2. The van der Waals surface area contributed by atoms with Crippen LogP contribution < -0.4 is 0 Å². The molecule has 1 fully saturated rings. The second-order valence-electron chi connectivity index (χ2n) is 7.23. The van der Waals surface area contributed by atoms with Crippen molar-refractivity contribution < 1.29 is 9.90 Å². The van der Waals surface area contributed by atoms with E-state index in [9.17, 15) is 4.79 Å². The molecular formula is C22H29N2NaO2. The molecule has 1 aliphatic rings. The van der Waals surface area contributed by atoms with Gasteiger partial charge in [-0.3, -0.25) is 14.7 Å². The van der Waals surface area contributed by atoms with E-state index < -0.39 is 5.97 Å². The van der Waals surface area contributed by atoms with Gasteiger partial charge >= 0.3 is 35.5 Å². The van der Waals surface area contributed by atoms with Crippen molar-refractivity contribution >= 4 is 35.5 Å². The molecule has 2 atom stereocenters. The molecule has 1 aromatic heterocycles. The van der Waals surface area contributed by atoms with Crippen LogP contribution in [-0.4, -0.2) is 57.1 Å². The Labute approximate surface area is 184 Å². The van der Waals surface area contributed by atoms with Crippen LogP contribution in [0.3, 0.4) is 0 Å². The second kappa shape index (κ2) is 11.6. The predicted molar refractivity (Wildman–Crippen MR) is 110 cm³/mol. The average molecular weight is 376 g/mol. The van der Waals surface area contributed by atoms with Crippen molar-refractivity contribution in [2.45, 2.75) is 51.1 Å². The Morgan fingerprint density at radius 3 is 2.63 bits per heavy atom. The van der Waals surface area contributed by atoms with Gasteiger partial charge in [-0.2, -0.15) is 0 Å². The summed E-state index contributed by atoms with van der Waals surface area (Å²) in [5.41, 5.74) is 2.65. The molecule has 1 aromatic carbocycles. The van der Waals surface area contributed by atoms with E-state index in [1.807, 2.05) is 18.5 Å². The fourth-order valence-electron chi connectivity index (χ4n) is 4.13. The number of aromatic nitrogens is 1. The predicted octanol–water partition coefficient (Wildman–Crippen LogP) is 4.03. The molecule has 0 aliphatic carbocycles. The molecule has 0 radical (unpaired) electrons. The molecule has 0 amide bonds. The number of aliphatic carboxylic acids is 1. The number of likely N-dealkylation sites (tertiary alicyclic amines) is 1. The number of unbranched alkanes of at least 4 members (excludes halogenated alkanes) is 2. The first-order chi connectivity index (χ1) is 12.7.